The Hall–Kier alpha value is -3.36. The number of rotatable bonds is 6. The fourth-order valence-electron chi connectivity index (χ4n) is 3.90. The molecule has 4 aromatic rings. The van der Waals surface area contributed by atoms with Crippen molar-refractivity contribution in [3.63, 3.8) is 0 Å². The molecule has 0 bridgehead atoms. The molecule has 1 heterocycles. The van der Waals surface area contributed by atoms with Crippen LogP contribution in [0.3, 0.4) is 0 Å². The molecule has 0 atom stereocenters. The number of sulfone groups is 1. The molecule has 0 N–H and O–H groups in total. The van der Waals surface area contributed by atoms with E-state index in [0.717, 1.165) is 28.8 Å². The van der Waals surface area contributed by atoms with Gasteiger partial charge in [0.05, 0.1) is 10.6 Å². The zero-order valence-electron chi connectivity index (χ0n) is 20.8. The summed E-state index contributed by atoms with van der Waals surface area (Å²) in [7, 11) is 0.582. The van der Waals surface area contributed by atoms with Crippen molar-refractivity contribution in [3.8, 4) is 28.5 Å². The average molecular weight is 493 g/mol. The maximum atomic E-state index is 14.5. The summed E-state index contributed by atoms with van der Waals surface area (Å²) >= 11 is 0. The molecule has 3 aromatic carbocycles. The number of benzene rings is 3. The Kier molecular flexibility index (Phi) is 6.62. The summed E-state index contributed by atoms with van der Waals surface area (Å²) in [4.78, 5) is 7.11. The van der Waals surface area contributed by atoms with Crippen LogP contribution >= 0.6 is 0 Å². The molecule has 0 aliphatic carbocycles. The van der Waals surface area contributed by atoms with E-state index in [0.29, 0.717) is 28.5 Å². The van der Waals surface area contributed by atoms with E-state index < -0.39 is 9.84 Å². The monoisotopic (exact) mass is 492 g/mol. The van der Waals surface area contributed by atoms with Gasteiger partial charge in [-0.2, -0.15) is 0 Å². The lowest BCUT2D eigenvalue weighted by molar-refractivity contribution is 0.402. The molecule has 182 valence electrons. The van der Waals surface area contributed by atoms with E-state index in [2.05, 4.69) is 4.90 Å². The highest BCUT2D eigenvalue weighted by Crippen LogP contribution is 2.32. The quantitative estimate of drug-likeness (QED) is 0.373. The summed E-state index contributed by atoms with van der Waals surface area (Å²) in [5, 5.41) is 4.73. The Labute approximate surface area is 206 Å². The van der Waals surface area contributed by atoms with Gasteiger partial charge in [-0.1, -0.05) is 30.3 Å². The predicted molar refractivity (Wildman–Crippen MR) is 137 cm³/mol. The zero-order valence-corrected chi connectivity index (χ0v) is 21.6. The van der Waals surface area contributed by atoms with Crippen molar-refractivity contribution < 1.29 is 12.8 Å². The average Bonchev–Trinajstić information content (AvgIpc) is 3.22. The van der Waals surface area contributed by atoms with Gasteiger partial charge in [0, 0.05) is 23.9 Å². The van der Waals surface area contributed by atoms with E-state index in [1.807, 2.05) is 52.2 Å². The second-order valence-corrected chi connectivity index (χ2v) is 11.2. The highest BCUT2D eigenvalue weighted by atomic mass is 32.2. The van der Waals surface area contributed by atoms with Crippen LogP contribution in [0.1, 0.15) is 22.3 Å². The van der Waals surface area contributed by atoms with Crippen molar-refractivity contribution in [2.24, 2.45) is 0 Å². The lowest BCUT2D eigenvalue weighted by Crippen LogP contribution is -2.10. The van der Waals surface area contributed by atoms with E-state index in [-0.39, 0.29) is 10.7 Å². The van der Waals surface area contributed by atoms with Gasteiger partial charge in [0.1, 0.15) is 5.82 Å². The van der Waals surface area contributed by atoms with Gasteiger partial charge in [0.15, 0.2) is 21.5 Å². The Morgan fingerprint density at radius 2 is 1.63 bits per heavy atom. The minimum atomic E-state index is -3.44. The number of aromatic nitrogens is 3. The number of halogens is 1. The Morgan fingerprint density at radius 3 is 2.23 bits per heavy atom. The highest BCUT2D eigenvalue weighted by Gasteiger charge is 2.21. The topological polar surface area (TPSA) is 68.1 Å². The van der Waals surface area contributed by atoms with Crippen LogP contribution in [0.25, 0.3) is 28.5 Å². The first-order valence-corrected chi connectivity index (χ1v) is 13.1. The van der Waals surface area contributed by atoms with Crippen molar-refractivity contribution in [2.75, 3.05) is 20.4 Å². The molecule has 0 saturated carbocycles. The summed E-state index contributed by atoms with van der Waals surface area (Å²) in [6.07, 6.45) is 1.18. The van der Waals surface area contributed by atoms with Crippen LogP contribution in [0, 0.1) is 26.6 Å². The van der Waals surface area contributed by atoms with Crippen LogP contribution in [-0.2, 0) is 16.4 Å². The molecule has 8 heteroatoms. The van der Waals surface area contributed by atoms with Crippen molar-refractivity contribution >= 4 is 9.84 Å². The van der Waals surface area contributed by atoms with E-state index >= 15 is 0 Å². The van der Waals surface area contributed by atoms with Gasteiger partial charge in [-0.15, -0.1) is 5.10 Å². The second-order valence-electron chi connectivity index (χ2n) is 9.22. The van der Waals surface area contributed by atoms with E-state index in [4.69, 9.17) is 10.1 Å². The van der Waals surface area contributed by atoms with Gasteiger partial charge in [-0.3, -0.25) is 0 Å². The van der Waals surface area contributed by atoms with Crippen LogP contribution in [0.5, 0.6) is 0 Å². The third-order valence-electron chi connectivity index (χ3n) is 6.03. The van der Waals surface area contributed by atoms with Crippen LogP contribution in [0.2, 0.25) is 0 Å². The molecule has 35 heavy (non-hydrogen) atoms. The maximum absolute atomic E-state index is 14.5. The third kappa shape index (κ3) is 5.18. The van der Waals surface area contributed by atoms with Gasteiger partial charge in [0.25, 0.3) is 0 Å². The van der Waals surface area contributed by atoms with E-state index in [9.17, 15) is 12.8 Å². The summed E-state index contributed by atoms with van der Waals surface area (Å²) in [5.41, 5.74) is 5.34. The first kappa shape index (κ1) is 24.8. The van der Waals surface area contributed by atoms with Crippen LogP contribution in [-0.4, -0.2) is 48.4 Å². The molecule has 0 amide bonds. The molecule has 0 aliphatic heterocycles. The molecular formula is C27H29FN4O2S. The van der Waals surface area contributed by atoms with E-state index in [1.54, 1.807) is 35.9 Å². The third-order valence-corrected chi connectivity index (χ3v) is 7.12. The van der Waals surface area contributed by atoms with Crippen LogP contribution < -0.4 is 0 Å². The van der Waals surface area contributed by atoms with Gasteiger partial charge >= 0.3 is 0 Å². The number of aryl methyl sites for hydroxylation is 2. The van der Waals surface area contributed by atoms with E-state index in [1.165, 1.54) is 12.3 Å². The van der Waals surface area contributed by atoms with Gasteiger partial charge in [-0.25, -0.2) is 22.5 Å². The largest absolute Gasteiger partial charge is 0.305 e. The van der Waals surface area contributed by atoms with Crippen molar-refractivity contribution in [3.05, 3.63) is 82.7 Å². The maximum Gasteiger partial charge on any atom is 0.182 e. The highest BCUT2D eigenvalue weighted by molar-refractivity contribution is 7.90. The van der Waals surface area contributed by atoms with Crippen LogP contribution in [0.15, 0.2) is 59.5 Å². The number of hydrogen-bond donors (Lipinski definition) is 0. The second kappa shape index (κ2) is 9.36. The molecule has 0 radical (unpaired) electrons. The molecule has 1 aromatic heterocycles. The molecule has 0 unspecified atom stereocenters. The van der Waals surface area contributed by atoms with Crippen molar-refractivity contribution in [1.29, 1.82) is 0 Å². The molecule has 0 aliphatic rings. The molecule has 0 fully saturated rings. The Bertz CT molecular complexity index is 1510. The normalized spacial score (nSPS) is 11.9. The van der Waals surface area contributed by atoms with Gasteiger partial charge in [0.2, 0.25) is 0 Å². The zero-order chi connectivity index (χ0) is 25.5. The summed E-state index contributed by atoms with van der Waals surface area (Å²) in [5.74, 6) is 0.572. The fourth-order valence-corrected chi connectivity index (χ4v) is 4.62. The molecule has 0 spiro atoms. The van der Waals surface area contributed by atoms with Crippen molar-refractivity contribution in [2.45, 2.75) is 32.2 Å². The predicted octanol–water partition coefficient (Wildman–Crippen LogP) is 5.13. The minimum Gasteiger partial charge on any atom is -0.305 e. The van der Waals surface area contributed by atoms with Gasteiger partial charge in [-0.05, 0) is 81.4 Å². The first-order valence-electron chi connectivity index (χ1n) is 11.2. The number of nitrogens with zero attached hydrogens (tertiary/aromatic N) is 4. The molecule has 0 saturated heterocycles. The fraction of sp³-hybridized carbons (Fsp3) is 0.259. The van der Waals surface area contributed by atoms with Crippen LogP contribution in [0.4, 0.5) is 4.39 Å². The summed E-state index contributed by atoms with van der Waals surface area (Å²) in [6, 6.07) is 16.1. The number of hydrogen-bond acceptors (Lipinski definition) is 5. The standard InChI is InChI=1S/C27H29FN4O2S/c1-17-7-12-22(14-25(17)28)32-27(24-15-23(35(6,33)34)13-18(2)19(24)3)29-26(30-32)21-10-8-20(9-11-21)16-31(4)5/h7-15H,16H2,1-6H3. The Balaban J connectivity index is 1.94. The lowest BCUT2D eigenvalue weighted by Gasteiger charge is -2.13. The lowest BCUT2D eigenvalue weighted by atomic mass is 10.0. The molecular weight excluding hydrogens is 463 g/mol. The summed E-state index contributed by atoms with van der Waals surface area (Å²) in [6.45, 7) is 6.29. The summed E-state index contributed by atoms with van der Waals surface area (Å²) < 4.78 is 40.8. The molecule has 6 nitrogen and oxygen atoms in total. The SMILES string of the molecule is Cc1ccc(-n2nc(-c3ccc(CN(C)C)cc3)nc2-c2cc(S(C)(=O)=O)cc(C)c2C)cc1F. The first-order chi connectivity index (χ1) is 16.4. The molecule has 4 rings (SSSR count). The van der Waals surface area contributed by atoms with Gasteiger partial charge < -0.3 is 4.90 Å². The minimum absolute atomic E-state index is 0.204. The Morgan fingerprint density at radius 1 is 0.943 bits per heavy atom. The van der Waals surface area contributed by atoms with Crippen molar-refractivity contribution in [1.82, 2.24) is 19.7 Å². The smallest absolute Gasteiger partial charge is 0.182 e.